The van der Waals surface area contributed by atoms with Crippen molar-refractivity contribution in [2.75, 3.05) is 4.72 Å². The van der Waals surface area contributed by atoms with Gasteiger partial charge < -0.3 is 5.73 Å². The van der Waals surface area contributed by atoms with Crippen molar-refractivity contribution in [3.63, 3.8) is 0 Å². The van der Waals surface area contributed by atoms with Crippen molar-refractivity contribution < 1.29 is 12.8 Å². The fourth-order valence-electron chi connectivity index (χ4n) is 1.56. The Bertz CT molecular complexity index is 675. The van der Waals surface area contributed by atoms with Crippen LogP contribution in [0.15, 0.2) is 47.5 Å². The Labute approximate surface area is 110 Å². The number of hydrogen-bond acceptors (Lipinski definition) is 4. The van der Waals surface area contributed by atoms with Gasteiger partial charge in [0.1, 0.15) is 11.6 Å². The summed E-state index contributed by atoms with van der Waals surface area (Å²) in [6.07, 6.45) is 1.45. The predicted octanol–water partition coefficient (Wildman–Crippen LogP) is 1.48. The minimum Gasteiger partial charge on any atom is -0.326 e. The molecule has 19 heavy (non-hydrogen) atoms. The molecule has 1 heterocycles. The van der Waals surface area contributed by atoms with E-state index in [1.165, 1.54) is 24.4 Å². The zero-order chi connectivity index (χ0) is 13.9. The van der Waals surface area contributed by atoms with E-state index in [9.17, 15) is 12.8 Å². The van der Waals surface area contributed by atoms with Crippen LogP contribution >= 0.6 is 0 Å². The Hall–Kier alpha value is -1.99. The van der Waals surface area contributed by atoms with Crippen LogP contribution < -0.4 is 10.5 Å². The largest absolute Gasteiger partial charge is 0.326 e. The van der Waals surface area contributed by atoms with E-state index >= 15 is 0 Å². The van der Waals surface area contributed by atoms with E-state index in [0.29, 0.717) is 5.56 Å². The van der Waals surface area contributed by atoms with Gasteiger partial charge in [0.05, 0.1) is 4.90 Å². The van der Waals surface area contributed by atoms with Gasteiger partial charge in [-0.2, -0.15) is 0 Å². The normalized spacial score (nSPS) is 11.3. The van der Waals surface area contributed by atoms with Crippen molar-refractivity contribution in [2.45, 2.75) is 11.4 Å². The quantitative estimate of drug-likeness (QED) is 0.889. The fourth-order valence-corrected chi connectivity index (χ4v) is 2.83. The van der Waals surface area contributed by atoms with E-state index in [4.69, 9.17) is 5.73 Å². The molecule has 5 nitrogen and oxygen atoms in total. The average Bonchev–Trinajstić information content (AvgIpc) is 2.39. The zero-order valence-electron chi connectivity index (χ0n) is 9.88. The molecule has 1 aromatic heterocycles. The highest BCUT2D eigenvalue weighted by molar-refractivity contribution is 7.92. The smallest absolute Gasteiger partial charge is 0.263 e. The van der Waals surface area contributed by atoms with Crippen LogP contribution in [-0.4, -0.2) is 13.4 Å². The van der Waals surface area contributed by atoms with Crippen LogP contribution in [0.2, 0.25) is 0 Å². The molecule has 2 rings (SSSR count). The van der Waals surface area contributed by atoms with Crippen molar-refractivity contribution in [3.8, 4) is 0 Å². The van der Waals surface area contributed by atoms with Gasteiger partial charge >= 0.3 is 0 Å². The summed E-state index contributed by atoms with van der Waals surface area (Å²) in [4.78, 5) is 3.67. The molecule has 0 aliphatic rings. The van der Waals surface area contributed by atoms with E-state index < -0.39 is 15.8 Å². The van der Waals surface area contributed by atoms with E-state index in [-0.39, 0.29) is 17.3 Å². The highest BCUT2D eigenvalue weighted by atomic mass is 32.2. The number of hydrogen-bond donors (Lipinski definition) is 2. The number of halogens is 1. The van der Waals surface area contributed by atoms with Gasteiger partial charge in [-0.25, -0.2) is 17.8 Å². The number of nitrogens with one attached hydrogen (secondary N) is 1. The lowest BCUT2D eigenvalue weighted by molar-refractivity contribution is 0.593. The Morgan fingerprint density at radius 1 is 1.26 bits per heavy atom. The number of nitrogens with two attached hydrogens (primary N) is 1. The monoisotopic (exact) mass is 281 g/mol. The molecule has 0 saturated carbocycles. The topological polar surface area (TPSA) is 85.1 Å². The van der Waals surface area contributed by atoms with Gasteiger partial charge in [0.15, 0.2) is 0 Å². The second-order valence-electron chi connectivity index (χ2n) is 3.78. The van der Waals surface area contributed by atoms with E-state index in [1.807, 2.05) is 0 Å². The molecule has 3 N–H and O–H groups in total. The van der Waals surface area contributed by atoms with Crippen LogP contribution in [0.5, 0.6) is 0 Å². The third-order valence-corrected chi connectivity index (χ3v) is 3.88. The summed E-state index contributed by atoms with van der Waals surface area (Å²) in [5.74, 6) is -0.478. The number of rotatable bonds is 4. The molecule has 0 atom stereocenters. The minimum atomic E-state index is -3.91. The van der Waals surface area contributed by atoms with E-state index in [0.717, 1.165) is 6.07 Å². The summed E-state index contributed by atoms with van der Waals surface area (Å²) < 4.78 is 39.8. The maximum atomic E-state index is 13.2. The molecule has 0 aliphatic heterocycles. The number of nitrogens with zero attached hydrogens (tertiary/aromatic N) is 1. The van der Waals surface area contributed by atoms with Crippen molar-refractivity contribution in [1.82, 2.24) is 4.98 Å². The number of anilines is 1. The fraction of sp³-hybridized carbons (Fsp3) is 0.0833. The highest BCUT2D eigenvalue weighted by Gasteiger charge is 2.19. The minimum absolute atomic E-state index is 0.00125. The van der Waals surface area contributed by atoms with Crippen LogP contribution in [0, 0.1) is 5.82 Å². The molecular formula is C12H12FN3O2S. The van der Waals surface area contributed by atoms with Crippen LogP contribution in [-0.2, 0) is 16.6 Å². The van der Waals surface area contributed by atoms with Crippen molar-refractivity contribution >= 4 is 15.8 Å². The van der Waals surface area contributed by atoms with Crippen molar-refractivity contribution in [2.24, 2.45) is 5.73 Å². The summed E-state index contributed by atoms with van der Waals surface area (Å²) in [5.41, 5.74) is 5.80. The Morgan fingerprint density at radius 2 is 2.05 bits per heavy atom. The Morgan fingerprint density at radius 3 is 2.68 bits per heavy atom. The summed E-state index contributed by atoms with van der Waals surface area (Å²) in [6.45, 7) is -0.00125. The summed E-state index contributed by atoms with van der Waals surface area (Å²) >= 11 is 0. The number of benzene rings is 1. The Balaban J connectivity index is 2.42. The molecule has 1 aromatic carbocycles. The van der Waals surface area contributed by atoms with E-state index in [2.05, 4.69) is 9.71 Å². The maximum Gasteiger partial charge on any atom is 0.263 e. The summed E-state index contributed by atoms with van der Waals surface area (Å²) in [7, 11) is -3.91. The standard InChI is InChI=1S/C12H12FN3O2S/c13-10-5-4-9(8-14)11(7-10)19(17,18)16-12-3-1-2-6-15-12/h1-7H,8,14H2,(H,15,16). The van der Waals surface area contributed by atoms with E-state index in [1.54, 1.807) is 12.1 Å². The lowest BCUT2D eigenvalue weighted by Gasteiger charge is -2.10. The number of aromatic nitrogens is 1. The van der Waals surface area contributed by atoms with Gasteiger partial charge in [0.25, 0.3) is 10.0 Å². The van der Waals surface area contributed by atoms with Gasteiger partial charge in [0.2, 0.25) is 0 Å². The maximum absolute atomic E-state index is 13.2. The van der Waals surface area contributed by atoms with Gasteiger partial charge in [-0.3, -0.25) is 4.72 Å². The molecule has 0 unspecified atom stereocenters. The van der Waals surface area contributed by atoms with Gasteiger partial charge in [-0.1, -0.05) is 12.1 Å². The molecular weight excluding hydrogens is 269 g/mol. The molecule has 2 aromatic rings. The lowest BCUT2D eigenvalue weighted by atomic mass is 10.2. The van der Waals surface area contributed by atoms with Crippen LogP contribution in [0.3, 0.4) is 0 Å². The molecule has 0 fully saturated rings. The van der Waals surface area contributed by atoms with Gasteiger partial charge in [-0.15, -0.1) is 0 Å². The molecule has 0 saturated heterocycles. The second kappa shape index (κ2) is 5.33. The van der Waals surface area contributed by atoms with Gasteiger partial charge in [0, 0.05) is 12.7 Å². The van der Waals surface area contributed by atoms with Crippen LogP contribution in [0.4, 0.5) is 10.2 Å². The molecule has 7 heteroatoms. The molecule has 0 aliphatic carbocycles. The lowest BCUT2D eigenvalue weighted by Crippen LogP contribution is -2.17. The van der Waals surface area contributed by atoms with Crippen molar-refractivity contribution in [1.29, 1.82) is 0 Å². The van der Waals surface area contributed by atoms with Crippen LogP contribution in [0.1, 0.15) is 5.56 Å². The average molecular weight is 281 g/mol. The molecule has 0 radical (unpaired) electrons. The van der Waals surface area contributed by atoms with Gasteiger partial charge in [-0.05, 0) is 29.8 Å². The van der Waals surface area contributed by atoms with Crippen LogP contribution in [0.25, 0.3) is 0 Å². The second-order valence-corrected chi connectivity index (χ2v) is 5.43. The third-order valence-electron chi connectivity index (χ3n) is 2.44. The number of pyridine rings is 1. The van der Waals surface area contributed by atoms with Crippen molar-refractivity contribution in [3.05, 3.63) is 54.0 Å². The summed E-state index contributed by atoms with van der Waals surface area (Å²) in [6, 6.07) is 8.25. The Kier molecular flexibility index (Phi) is 3.77. The predicted molar refractivity (Wildman–Crippen MR) is 69.3 cm³/mol. The number of sulfonamides is 1. The first-order chi connectivity index (χ1) is 9.03. The first kappa shape index (κ1) is 13.4. The first-order valence-corrected chi connectivity index (χ1v) is 6.93. The zero-order valence-corrected chi connectivity index (χ0v) is 10.7. The SMILES string of the molecule is NCc1ccc(F)cc1S(=O)(=O)Nc1ccccn1. The molecule has 0 bridgehead atoms. The molecule has 100 valence electrons. The molecule has 0 amide bonds. The summed E-state index contributed by atoms with van der Waals surface area (Å²) in [5, 5.41) is 0. The first-order valence-electron chi connectivity index (χ1n) is 5.45. The third kappa shape index (κ3) is 3.07. The molecule has 0 spiro atoms. The highest BCUT2D eigenvalue weighted by Crippen LogP contribution is 2.19.